The maximum Gasteiger partial charge on any atom is 0.241 e. The first kappa shape index (κ1) is 10.2. The summed E-state index contributed by atoms with van der Waals surface area (Å²) in [6.07, 6.45) is 0. The Bertz CT molecular complexity index is 359. The van der Waals surface area contributed by atoms with E-state index >= 15 is 0 Å². The van der Waals surface area contributed by atoms with Gasteiger partial charge in [0.15, 0.2) is 0 Å². The quantitative estimate of drug-likeness (QED) is 0.722. The van der Waals surface area contributed by atoms with Gasteiger partial charge in [0.05, 0.1) is 0 Å². The van der Waals surface area contributed by atoms with E-state index in [0.29, 0.717) is 6.54 Å². The van der Waals surface area contributed by atoms with Crippen LogP contribution < -0.4 is 10.6 Å². The lowest BCUT2D eigenvalue weighted by Crippen LogP contribution is -2.59. The topological polar surface area (TPSA) is 41.1 Å². The molecular weight excluding hydrogens is 188 g/mol. The molecule has 3 heteroatoms. The molecule has 1 aliphatic rings. The predicted molar refractivity (Wildman–Crippen MR) is 59.4 cm³/mol. The number of benzene rings is 1. The Morgan fingerprint density at radius 2 is 1.93 bits per heavy atom. The zero-order chi connectivity index (χ0) is 10.9. The molecule has 1 amide bonds. The molecule has 1 saturated heterocycles. The molecule has 0 saturated carbocycles. The minimum Gasteiger partial charge on any atom is -0.353 e. The molecule has 2 N–H and O–H groups in total. The Morgan fingerprint density at radius 3 is 2.60 bits per heavy atom. The zero-order valence-corrected chi connectivity index (χ0v) is 9.08. The summed E-state index contributed by atoms with van der Waals surface area (Å²) in [7, 11) is 0. The van der Waals surface area contributed by atoms with E-state index in [1.54, 1.807) is 0 Å². The fourth-order valence-electron chi connectivity index (χ4n) is 1.80. The second-order valence-corrected chi connectivity index (χ2v) is 4.59. The SMILES string of the molecule is CC1(C)CNC(=O)C(c2ccccc2)N1. The smallest absolute Gasteiger partial charge is 0.241 e. The molecule has 0 aliphatic carbocycles. The lowest BCUT2D eigenvalue weighted by atomic mass is 9.96. The van der Waals surface area contributed by atoms with E-state index in [4.69, 9.17) is 0 Å². The summed E-state index contributed by atoms with van der Waals surface area (Å²) < 4.78 is 0. The van der Waals surface area contributed by atoms with Crippen molar-refractivity contribution < 1.29 is 4.79 Å². The standard InChI is InChI=1S/C12H16N2O/c1-12(2)8-13-11(15)10(14-12)9-6-4-3-5-7-9/h3-7,10,14H,8H2,1-2H3,(H,13,15). The molecule has 0 aromatic heterocycles. The first-order valence-corrected chi connectivity index (χ1v) is 5.19. The summed E-state index contributed by atoms with van der Waals surface area (Å²) in [5.74, 6) is 0.0560. The van der Waals surface area contributed by atoms with Gasteiger partial charge < -0.3 is 5.32 Å². The Balaban J connectivity index is 2.24. The van der Waals surface area contributed by atoms with Crippen LogP contribution in [0.4, 0.5) is 0 Å². The molecule has 1 fully saturated rings. The Morgan fingerprint density at radius 1 is 1.27 bits per heavy atom. The fraction of sp³-hybridized carbons (Fsp3) is 0.417. The average Bonchev–Trinajstić information content (AvgIpc) is 2.23. The third-order valence-electron chi connectivity index (χ3n) is 2.63. The Kier molecular flexibility index (Phi) is 2.49. The number of carbonyl (C=O) groups is 1. The Labute approximate surface area is 89.9 Å². The zero-order valence-electron chi connectivity index (χ0n) is 9.08. The summed E-state index contributed by atoms with van der Waals surface area (Å²) in [5.41, 5.74) is 0.969. The van der Waals surface area contributed by atoms with Gasteiger partial charge in [-0.05, 0) is 19.4 Å². The van der Waals surface area contributed by atoms with Gasteiger partial charge >= 0.3 is 0 Å². The molecule has 1 aromatic carbocycles. The van der Waals surface area contributed by atoms with Gasteiger partial charge in [0.25, 0.3) is 0 Å². The van der Waals surface area contributed by atoms with Crippen molar-refractivity contribution in [3.05, 3.63) is 35.9 Å². The van der Waals surface area contributed by atoms with Crippen molar-refractivity contribution in [2.45, 2.75) is 25.4 Å². The van der Waals surface area contributed by atoms with Crippen LogP contribution in [-0.4, -0.2) is 18.0 Å². The van der Waals surface area contributed by atoms with Crippen molar-refractivity contribution >= 4 is 5.91 Å². The van der Waals surface area contributed by atoms with Crippen LogP contribution >= 0.6 is 0 Å². The highest BCUT2D eigenvalue weighted by Gasteiger charge is 2.33. The van der Waals surface area contributed by atoms with E-state index < -0.39 is 0 Å². The molecule has 0 bridgehead atoms. The lowest BCUT2D eigenvalue weighted by molar-refractivity contribution is -0.126. The van der Waals surface area contributed by atoms with Crippen molar-refractivity contribution in [2.24, 2.45) is 0 Å². The largest absolute Gasteiger partial charge is 0.353 e. The van der Waals surface area contributed by atoms with Gasteiger partial charge in [-0.2, -0.15) is 0 Å². The van der Waals surface area contributed by atoms with Crippen LogP contribution in [0.2, 0.25) is 0 Å². The molecular formula is C12H16N2O. The molecule has 1 aliphatic heterocycles. The van der Waals surface area contributed by atoms with Crippen LogP contribution in [0.25, 0.3) is 0 Å². The van der Waals surface area contributed by atoms with Crippen LogP contribution in [0.15, 0.2) is 30.3 Å². The second-order valence-electron chi connectivity index (χ2n) is 4.59. The highest BCUT2D eigenvalue weighted by Crippen LogP contribution is 2.20. The summed E-state index contributed by atoms with van der Waals surface area (Å²) in [6.45, 7) is 4.85. The number of piperazine rings is 1. The lowest BCUT2D eigenvalue weighted by Gasteiger charge is -2.37. The number of rotatable bonds is 1. The normalized spacial score (nSPS) is 24.7. The molecule has 3 nitrogen and oxygen atoms in total. The minimum atomic E-state index is -0.227. The first-order valence-electron chi connectivity index (χ1n) is 5.19. The van der Waals surface area contributed by atoms with E-state index in [1.807, 2.05) is 30.3 Å². The summed E-state index contributed by atoms with van der Waals surface area (Å²) >= 11 is 0. The Hall–Kier alpha value is -1.35. The molecule has 0 spiro atoms. The van der Waals surface area contributed by atoms with Crippen LogP contribution in [0.5, 0.6) is 0 Å². The van der Waals surface area contributed by atoms with Gasteiger partial charge in [-0.25, -0.2) is 0 Å². The molecule has 1 heterocycles. The van der Waals surface area contributed by atoms with Gasteiger partial charge in [-0.15, -0.1) is 0 Å². The maximum absolute atomic E-state index is 11.7. The molecule has 2 rings (SSSR count). The number of nitrogens with one attached hydrogen (secondary N) is 2. The summed E-state index contributed by atoms with van der Waals surface area (Å²) in [5, 5.41) is 6.27. The summed E-state index contributed by atoms with van der Waals surface area (Å²) in [6, 6.07) is 9.57. The molecule has 1 aromatic rings. The number of carbonyl (C=O) groups excluding carboxylic acids is 1. The van der Waals surface area contributed by atoms with Crippen LogP contribution in [0.1, 0.15) is 25.5 Å². The van der Waals surface area contributed by atoms with Crippen molar-refractivity contribution in [2.75, 3.05) is 6.54 Å². The first-order chi connectivity index (χ1) is 7.08. The molecule has 1 atom stereocenters. The van der Waals surface area contributed by atoms with Crippen molar-refractivity contribution in [1.82, 2.24) is 10.6 Å². The number of hydrogen-bond acceptors (Lipinski definition) is 2. The monoisotopic (exact) mass is 204 g/mol. The number of amides is 1. The molecule has 0 radical (unpaired) electrons. The molecule has 1 unspecified atom stereocenters. The fourth-order valence-corrected chi connectivity index (χ4v) is 1.80. The van der Waals surface area contributed by atoms with E-state index in [0.717, 1.165) is 5.56 Å². The van der Waals surface area contributed by atoms with E-state index in [-0.39, 0.29) is 17.5 Å². The van der Waals surface area contributed by atoms with Crippen molar-refractivity contribution in [3.8, 4) is 0 Å². The third-order valence-corrected chi connectivity index (χ3v) is 2.63. The van der Waals surface area contributed by atoms with Gasteiger partial charge in [0, 0.05) is 12.1 Å². The summed E-state index contributed by atoms with van der Waals surface area (Å²) in [4.78, 5) is 11.7. The van der Waals surface area contributed by atoms with Gasteiger partial charge in [-0.1, -0.05) is 30.3 Å². The maximum atomic E-state index is 11.7. The molecule has 80 valence electrons. The predicted octanol–water partition coefficient (Wildman–Crippen LogP) is 1.23. The third kappa shape index (κ3) is 2.18. The average molecular weight is 204 g/mol. The second kappa shape index (κ2) is 3.66. The van der Waals surface area contributed by atoms with Crippen molar-refractivity contribution in [1.29, 1.82) is 0 Å². The minimum absolute atomic E-state index is 0.0472. The van der Waals surface area contributed by atoms with Gasteiger partial charge in [-0.3, -0.25) is 10.1 Å². The van der Waals surface area contributed by atoms with Crippen LogP contribution in [0.3, 0.4) is 0 Å². The van der Waals surface area contributed by atoms with Crippen molar-refractivity contribution in [3.63, 3.8) is 0 Å². The van der Waals surface area contributed by atoms with Crippen LogP contribution in [-0.2, 0) is 4.79 Å². The molecule has 15 heavy (non-hydrogen) atoms. The number of hydrogen-bond donors (Lipinski definition) is 2. The van der Waals surface area contributed by atoms with Gasteiger partial charge in [0.1, 0.15) is 6.04 Å². The highest BCUT2D eigenvalue weighted by atomic mass is 16.2. The van der Waals surface area contributed by atoms with E-state index in [9.17, 15) is 4.79 Å². The highest BCUT2D eigenvalue weighted by molar-refractivity contribution is 5.84. The van der Waals surface area contributed by atoms with Gasteiger partial charge in [0.2, 0.25) is 5.91 Å². The van der Waals surface area contributed by atoms with Crippen LogP contribution in [0, 0.1) is 0 Å². The van der Waals surface area contributed by atoms with E-state index in [2.05, 4.69) is 24.5 Å². The van der Waals surface area contributed by atoms with E-state index in [1.165, 1.54) is 0 Å².